The van der Waals surface area contributed by atoms with Gasteiger partial charge in [-0.2, -0.15) is 0 Å². The first kappa shape index (κ1) is 16.5. The van der Waals surface area contributed by atoms with Crippen LogP contribution in [0.15, 0.2) is 55.0 Å². The third-order valence-electron chi connectivity index (χ3n) is 4.33. The van der Waals surface area contributed by atoms with Crippen molar-refractivity contribution >= 4 is 10.9 Å². The number of aliphatic hydroxyl groups excluding tert-OH is 1. The number of rotatable bonds is 7. The molecule has 0 aliphatic heterocycles. The fraction of sp³-hybridized carbons (Fsp3) is 0.316. The minimum absolute atomic E-state index is 0.204. The molecule has 3 rings (SSSR count). The van der Waals surface area contributed by atoms with E-state index in [0.29, 0.717) is 6.54 Å². The van der Waals surface area contributed by atoms with Crippen LogP contribution in [0.2, 0.25) is 0 Å². The van der Waals surface area contributed by atoms with Crippen LogP contribution < -0.4 is 4.74 Å². The molecule has 5 heteroatoms. The summed E-state index contributed by atoms with van der Waals surface area (Å²) in [6.07, 6.45) is 4.90. The molecule has 0 saturated carbocycles. The van der Waals surface area contributed by atoms with Crippen molar-refractivity contribution < 1.29 is 9.84 Å². The van der Waals surface area contributed by atoms with Gasteiger partial charge in [-0.15, -0.1) is 0 Å². The maximum Gasteiger partial charge on any atom is 0.128 e. The molecule has 2 N–H and O–H groups in total. The number of nitrogens with zero attached hydrogens (tertiary/aromatic N) is 2. The number of pyridine rings is 1. The van der Waals surface area contributed by atoms with E-state index < -0.39 is 6.10 Å². The summed E-state index contributed by atoms with van der Waals surface area (Å²) in [5, 5.41) is 11.3. The zero-order valence-electron chi connectivity index (χ0n) is 14.0. The van der Waals surface area contributed by atoms with Crippen molar-refractivity contribution in [3.05, 3.63) is 60.6 Å². The summed E-state index contributed by atoms with van der Waals surface area (Å²) in [5.41, 5.74) is 2.21. The zero-order chi connectivity index (χ0) is 16.9. The van der Waals surface area contributed by atoms with E-state index in [2.05, 4.69) is 21.8 Å². The first-order chi connectivity index (χ1) is 11.6. The van der Waals surface area contributed by atoms with E-state index in [9.17, 15) is 5.11 Å². The third-order valence-corrected chi connectivity index (χ3v) is 4.33. The molecule has 2 aromatic heterocycles. The number of hydrogen-bond donors (Lipinski definition) is 2. The molecule has 24 heavy (non-hydrogen) atoms. The molecule has 2 atom stereocenters. The van der Waals surface area contributed by atoms with Gasteiger partial charge in [0.05, 0.1) is 0 Å². The van der Waals surface area contributed by atoms with Gasteiger partial charge in [0.25, 0.3) is 0 Å². The number of aliphatic hydroxyl groups is 1. The summed E-state index contributed by atoms with van der Waals surface area (Å²) >= 11 is 0. The maximum atomic E-state index is 10.3. The lowest BCUT2D eigenvalue weighted by Crippen LogP contribution is -2.34. The van der Waals surface area contributed by atoms with Gasteiger partial charge in [0.1, 0.15) is 18.5 Å². The lowest BCUT2D eigenvalue weighted by atomic mass is 10.1. The number of ether oxygens (including phenoxy) is 1. The molecular weight excluding hydrogens is 302 g/mol. The van der Waals surface area contributed by atoms with E-state index >= 15 is 0 Å². The fourth-order valence-corrected chi connectivity index (χ4v) is 2.81. The van der Waals surface area contributed by atoms with Crippen LogP contribution in [0.25, 0.3) is 10.9 Å². The number of H-pyrrole nitrogens is 1. The minimum Gasteiger partial charge on any atom is -0.490 e. The van der Waals surface area contributed by atoms with Gasteiger partial charge in [-0.05, 0) is 49.9 Å². The van der Waals surface area contributed by atoms with Gasteiger partial charge in [-0.1, -0.05) is 6.07 Å². The SMILES string of the molecule is CC(c1ccncc1)N(C)CC(O)COc1cccc2[nH]ccc12. The lowest BCUT2D eigenvalue weighted by Gasteiger charge is -2.27. The van der Waals surface area contributed by atoms with Crippen LogP contribution in [0.1, 0.15) is 18.5 Å². The van der Waals surface area contributed by atoms with Gasteiger partial charge in [-0.3, -0.25) is 9.88 Å². The number of nitrogens with one attached hydrogen (secondary N) is 1. The van der Waals surface area contributed by atoms with Gasteiger partial charge in [0.15, 0.2) is 0 Å². The summed E-state index contributed by atoms with van der Waals surface area (Å²) in [6, 6.07) is 12.0. The average Bonchev–Trinajstić information content (AvgIpc) is 3.09. The summed E-state index contributed by atoms with van der Waals surface area (Å²) in [4.78, 5) is 9.31. The van der Waals surface area contributed by atoms with E-state index in [4.69, 9.17) is 4.74 Å². The van der Waals surface area contributed by atoms with Crippen LogP contribution >= 0.6 is 0 Å². The Balaban J connectivity index is 1.55. The number of fused-ring (bicyclic) bond motifs is 1. The first-order valence-corrected chi connectivity index (χ1v) is 8.12. The van der Waals surface area contributed by atoms with Crippen LogP contribution in [0, 0.1) is 0 Å². The smallest absolute Gasteiger partial charge is 0.128 e. The maximum absolute atomic E-state index is 10.3. The van der Waals surface area contributed by atoms with Crippen molar-refractivity contribution in [1.29, 1.82) is 0 Å². The fourth-order valence-electron chi connectivity index (χ4n) is 2.81. The Bertz CT molecular complexity index is 772. The molecular formula is C19H23N3O2. The van der Waals surface area contributed by atoms with Crippen molar-refractivity contribution in [2.75, 3.05) is 20.2 Å². The van der Waals surface area contributed by atoms with Gasteiger partial charge in [0, 0.05) is 42.1 Å². The Morgan fingerprint density at radius 3 is 2.79 bits per heavy atom. The largest absolute Gasteiger partial charge is 0.490 e. The number of benzene rings is 1. The highest BCUT2D eigenvalue weighted by molar-refractivity contribution is 5.85. The topological polar surface area (TPSA) is 61.4 Å². The predicted molar refractivity (Wildman–Crippen MR) is 95.1 cm³/mol. The Morgan fingerprint density at radius 2 is 2.00 bits per heavy atom. The van der Waals surface area contributed by atoms with Gasteiger partial charge in [-0.25, -0.2) is 0 Å². The third kappa shape index (κ3) is 3.75. The highest BCUT2D eigenvalue weighted by Gasteiger charge is 2.16. The summed E-state index contributed by atoms with van der Waals surface area (Å²) in [5.74, 6) is 0.789. The summed E-state index contributed by atoms with van der Waals surface area (Å²) in [6.45, 7) is 2.91. The Hall–Kier alpha value is -2.37. The monoisotopic (exact) mass is 325 g/mol. The van der Waals surface area contributed by atoms with Crippen LogP contribution in [0.3, 0.4) is 0 Å². The second-order valence-corrected chi connectivity index (χ2v) is 6.06. The molecule has 5 nitrogen and oxygen atoms in total. The molecule has 2 unspecified atom stereocenters. The second-order valence-electron chi connectivity index (χ2n) is 6.06. The summed E-state index contributed by atoms with van der Waals surface area (Å²) < 4.78 is 5.82. The molecule has 0 aliphatic carbocycles. The van der Waals surface area contributed by atoms with E-state index in [0.717, 1.165) is 16.7 Å². The molecule has 0 radical (unpaired) electrons. The van der Waals surface area contributed by atoms with Gasteiger partial charge in [0.2, 0.25) is 0 Å². The minimum atomic E-state index is -0.562. The Labute approximate surface area is 141 Å². The highest BCUT2D eigenvalue weighted by atomic mass is 16.5. The van der Waals surface area contributed by atoms with Crippen LogP contribution in [-0.2, 0) is 0 Å². The van der Waals surface area contributed by atoms with Gasteiger partial charge >= 0.3 is 0 Å². The number of hydrogen-bond acceptors (Lipinski definition) is 4. The van der Waals surface area contributed by atoms with Crippen molar-refractivity contribution in [2.24, 2.45) is 0 Å². The van der Waals surface area contributed by atoms with Crippen molar-refractivity contribution in [3.63, 3.8) is 0 Å². The quantitative estimate of drug-likeness (QED) is 0.701. The summed E-state index contributed by atoms with van der Waals surface area (Å²) in [7, 11) is 2.00. The van der Waals surface area contributed by atoms with Crippen LogP contribution in [0.5, 0.6) is 5.75 Å². The molecule has 1 aromatic carbocycles. The van der Waals surface area contributed by atoms with E-state index in [-0.39, 0.29) is 12.6 Å². The van der Waals surface area contributed by atoms with Crippen LogP contribution in [-0.4, -0.2) is 46.3 Å². The molecule has 0 bridgehead atoms. The molecule has 3 aromatic rings. The Morgan fingerprint density at radius 1 is 1.21 bits per heavy atom. The Kier molecular flexibility index (Phi) is 5.13. The molecule has 0 saturated heterocycles. The molecule has 0 amide bonds. The standard InChI is InChI=1S/C19H23N3O2/c1-14(15-6-9-20-10-7-15)22(2)12-16(23)13-24-19-5-3-4-18-17(19)8-11-21-18/h3-11,14,16,21,23H,12-13H2,1-2H3. The lowest BCUT2D eigenvalue weighted by molar-refractivity contribution is 0.0659. The predicted octanol–water partition coefficient (Wildman–Crippen LogP) is 3.00. The van der Waals surface area contributed by atoms with Crippen molar-refractivity contribution in [1.82, 2.24) is 14.9 Å². The highest BCUT2D eigenvalue weighted by Crippen LogP contribution is 2.24. The van der Waals surface area contributed by atoms with E-state index in [1.54, 1.807) is 12.4 Å². The molecule has 126 valence electrons. The number of aromatic amines is 1. The van der Waals surface area contributed by atoms with Gasteiger partial charge < -0.3 is 14.8 Å². The first-order valence-electron chi connectivity index (χ1n) is 8.12. The van der Waals surface area contributed by atoms with E-state index in [1.807, 2.05) is 49.6 Å². The van der Waals surface area contributed by atoms with Crippen LogP contribution in [0.4, 0.5) is 0 Å². The second kappa shape index (κ2) is 7.47. The van der Waals surface area contributed by atoms with Crippen molar-refractivity contribution in [2.45, 2.75) is 19.1 Å². The molecule has 0 aliphatic rings. The number of aromatic nitrogens is 2. The molecule has 2 heterocycles. The molecule has 0 fully saturated rings. The average molecular weight is 325 g/mol. The van der Waals surface area contributed by atoms with E-state index in [1.165, 1.54) is 5.56 Å². The molecule has 0 spiro atoms. The zero-order valence-corrected chi connectivity index (χ0v) is 14.0. The van der Waals surface area contributed by atoms with Crippen molar-refractivity contribution in [3.8, 4) is 5.75 Å². The normalized spacial score (nSPS) is 14.0. The number of likely N-dealkylation sites (N-methyl/N-ethyl adjacent to an activating group) is 1.